The molecule has 1 atom stereocenters. The third kappa shape index (κ3) is 4.97. The van der Waals surface area contributed by atoms with Crippen LogP contribution >= 0.6 is 0 Å². The van der Waals surface area contributed by atoms with Crippen LogP contribution in [0.4, 0.5) is 5.69 Å². The van der Waals surface area contributed by atoms with Crippen molar-refractivity contribution < 1.29 is 26.0 Å². The number of fused-ring (bicyclic) bond motifs is 1. The molecule has 2 aromatic carbocycles. The number of aliphatic imine (C=N–C) groups is 1. The number of rotatable bonds is 7. The Hall–Kier alpha value is -3.48. The molecule has 10 nitrogen and oxygen atoms in total. The van der Waals surface area contributed by atoms with E-state index in [2.05, 4.69) is 19.8 Å². The summed E-state index contributed by atoms with van der Waals surface area (Å²) in [4.78, 5) is 16.9. The van der Waals surface area contributed by atoms with Crippen molar-refractivity contribution in [2.45, 2.75) is 29.3 Å². The lowest BCUT2D eigenvalue weighted by Gasteiger charge is -2.11. The Morgan fingerprint density at radius 3 is 2.67 bits per heavy atom. The zero-order valence-corrected chi connectivity index (χ0v) is 19.0. The SMILES string of the molecule is C[C@H](N=C1NS(=O)(=O)c2ccccc21)C(=O)Nc1cccc(S(=O)(=O)NCc2ccco2)c1. The lowest BCUT2D eigenvalue weighted by Crippen LogP contribution is -2.29. The highest BCUT2D eigenvalue weighted by Gasteiger charge is 2.31. The van der Waals surface area contributed by atoms with Crippen LogP contribution in [0.25, 0.3) is 0 Å². The van der Waals surface area contributed by atoms with Gasteiger partial charge in [0.15, 0.2) is 0 Å². The minimum atomic E-state index is -3.85. The number of hydrogen-bond acceptors (Lipinski definition) is 7. The topological polar surface area (TPSA) is 147 Å². The number of anilines is 1. The fourth-order valence-electron chi connectivity index (χ4n) is 3.13. The Bertz CT molecular complexity index is 1430. The standard InChI is InChI=1S/C21H20N4O6S2/c1-14(23-20-18-9-2-3-10-19(18)33(29,30)25-20)21(26)24-15-6-4-8-17(12-15)32(27,28)22-13-16-7-5-11-31-16/h2-12,14,22H,13H2,1H3,(H,23,25)(H,24,26)/t14-/m0/s1. The highest BCUT2D eigenvalue weighted by Crippen LogP contribution is 2.23. The number of nitrogens with one attached hydrogen (secondary N) is 3. The number of sulfonamides is 2. The quantitative estimate of drug-likeness (QED) is 0.462. The number of amidine groups is 1. The maximum atomic E-state index is 12.6. The summed E-state index contributed by atoms with van der Waals surface area (Å²) in [5, 5.41) is 2.61. The van der Waals surface area contributed by atoms with Gasteiger partial charge in [0.1, 0.15) is 17.6 Å². The van der Waals surface area contributed by atoms with Gasteiger partial charge in [-0.25, -0.2) is 21.6 Å². The van der Waals surface area contributed by atoms with Crippen molar-refractivity contribution in [3.05, 3.63) is 78.3 Å². The van der Waals surface area contributed by atoms with Gasteiger partial charge >= 0.3 is 0 Å². The van der Waals surface area contributed by atoms with Gasteiger partial charge < -0.3 is 9.73 Å². The number of benzene rings is 2. The Labute approximate surface area is 190 Å². The van der Waals surface area contributed by atoms with Crippen LogP contribution < -0.4 is 14.8 Å². The maximum Gasteiger partial charge on any atom is 0.263 e. The van der Waals surface area contributed by atoms with E-state index in [1.165, 1.54) is 43.5 Å². The summed E-state index contributed by atoms with van der Waals surface area (Å²) in [7, 11) is -7.57. The van der Waals surface area contributed by atoms with E-state index in [-0.39, 0.29) is 27.9 Å². The Balaban J connectivity index is 1.47. The monoisotopic (exact) mass is 488 g/mol. The summed E-state index contributed by atoms with van der Waals surface area (Å²) in [5.41, 5.74) is 0.633. The molecule has 0 saturated carbocycles. The van der Waals surface area contributed by atoms with E-state index in [0.29, 0.717) is 11.3 Å². The molecule has 3 aromatic rings. The van der Waals surface area contributed by atoms with Crippen molar-refractivity contribution in [1.82, 2.24) is 9.44 Å². The van der Waals surface area contributed by atoms with Crippen molar-refractivity contribution in [3.8, 4) is 0 Å². The number of hydrogen-bond donors (Lipinski definition) is 3. The van der Waals surface area contributed by atoms with E-state index in [1.807, 2.05) is 0 Å². The van der Waals surface area contributed by atoms with Gasteiger partial charge in [-0.15, -0.1) is 0 Å². The third-order valence-electron chi connectivity index (χ3n) is 4.79. The molecule has 0 fully saturated rings. The molecule has 0 spiro atoms. The predicted molar refractivity (Wildman–Crippen MR) is 121 cm³/mol. The first-order valence-corrected chi connectivity index (χ1v) is 12.8. The van der Waals surface area contributed by atoms with E-state index >= 15 is 0 Å². The van der Waals surface area contributed by atoms with Crippen LogP contribution in [0.5, 0.6) is 0 Å². The highest BCUT2D eigenvalue weighted by molar-refractivity contribution is 7.90. The molecule has 12 heteroatoms. The van der Waals surface area contributed by atoms with Gasteiger partial charge in [-0.1, -0.05) is 18.2 Å². The summed E-state index contributed by atoms with van der Waals surface area (Å²) >= 11 is 0. The van der Waals surface area contributed by atoms with Crippen LogP contribution in [0.3, 0.4) is 0 Å². The largest absolute Gasteiger partial charge is 0.468 e. The average molecular weight is 489 g/mol. The number of nitrogens with zero attached hydrogens (tertiary/aromatic N) is 1. The summed E-state index contributed by atoms with van der Waals surface area (Å²) < 4.78 is 59.4. The van der Waals surface area contributed by atoms with Gasteiger partial charge in [0, 0.05) is 11.3 Å². The van der Waals surface area contributed by atoms with E-state index in [0.717, 1.165) is 0 Å². The molecule has 1 aliphatic rings. The van der Waals surface area contributed by atoms with Crippen molar-refractivity contribution in [1.29, 1.82) is 0 Å². The van der Waals surface area contributed by atoms with Crippen molar-refractivity contribution in [2.24, 2.45) is 4.99 Å². The Morgan fingerprint density at radius 1 is 1.12 bits per heavy atom. The molecular formula is C21H20N4O6S2. The second-order valence-electron chi connectivity index (χ2n) is 7.18. The van der Waals surface area contributed by atoms with Gasteiger partial charge in [0.05, 0.1) is 22.6 Å². The summed E-state index contributed by atoms with van der Waals surface area (Å²) in [6, 6.07) is 14.4. The van der Waals surface area contributed by atoms with E-state index < -0.39 is 32.0 Å². The van der Waals surface area contributed by atoms with Crippen molar-refractivity contribution >= 4 is 37.5 Å². The molecule has 1 aliphatic heterocycles. The molecular weight excluding hydrogens is 468 g/mol. The molecule has 0 saturated heterocycles. The molecule has 1 aromatic heterocycles. The minimum absolute atomic E-state index is 0.0160. The molecule has 2 heterocycles. The number of furan rings is 1. The normalized spacial score (nSPS) is 16.7. The van der Waals surface area contributed by atoms with Crippen LogP contribution in [-0.2, 0) is 31.4 Å². The second kappa shape index (κ2) is 8.81. The Kier molecular flexibility index (Phi) is 6.06. The number of carbonyl (C=O) groups is 1. The van der Waals surface area contributed by atoms with Crippen LogP contribution in [0, 0.1) is 0 Å². The van der Waals surface area contributed by atoms with Gasteiger partial charge in [-0.3, -0.25) is 14.5 Å². The van der Waals surface area contributed by atoms with Gasteiger partial charge in [-0.2, -0.15) is 0 Å². The molecule has 4 rings (SSSR count). The van der Waals surface area contributed by atoms with Gasteiger partial charge in [-0.05, 0) is 49.4 Å². The first-order chi connectivity index (χ1) is 15.7. The van der Waals surface area contributed by atoms with E-state index in [4.69, 9.17) is 4.42 Å². The number of carbonyl (C=O) groups excluding carboxylic acids is 1. The van der Waals surface area contributed by atoms with E-state index in [9.17, 15) is 21.6 Å². The van der Waals surface area contributed by atoms with E-state index in [1.54, 1.807) is 30.3 Å². The molecule has 1 amide bonds. The molecule has 0 aliphatic carbocycles. The molecule has 33 heavy (non-hydrogen) atoms. The predicted octanol–water partition coefficient (Wildman–Crippen LogP) is 1.82. The zero-order chi connectivity index (χ0) is 23.6. The smallest absolute Gasteiger partial charge is 0.263 e. The maximum absolute atomic E-state index is 12.6. The molecule has 0 radical (unpaired) electrons. The second-order valence-corrected chi connectivity index (χ2v) is 10.6. The van der Waals surface area contributed by atoms with Gasteiger partial charge in [0.25, 0.3) is 10.0 Å². The fourth-order valence-corrected chi connectivity index (χ4v) is 5.41. The molecule has 172 valence electrons. The fraction of sp³-hybridized carbons (Fsp3) is 0.143. The lowest BCUT2D eigenvalue weighted by molar-refractivity contribution is -0.117. The third-order valence-corrected chi connectivity index (χ3v) is 7.59. The van der Waals surface area contributed by atoms with Crippen LogP contribution in [-0.4, -0.2) is 34.6 Å². The summed E-state index contributed by atoms with van der Waals surface area (Å²) in [6.45, 7) is 1.49. The molecule has 3 N–H and O–H groups in total. The van der Waals surface area contributed by atoms with Gasteiger partial charge in [0.2, 0.25) is 15.9 Å². The van der Waals surface area contributed by atoms with Crippen molar-refractivity contribution in [3.63, 3.8) is 0 Å². The summed E-state index contributed by atoms with van der Waals surface area (Å²) in [5.74, 6) is -0.00375. The summed E-state index contributed by atoms with van der Waals surface area (Å²) in [6.07, 6.45) is 1.44. The lowest BCUT2D eigenvalue weighted by atomic mass is 10.2. The van der Waals surface area contributed by atoms with Crippen molar-refractivity contribution in [2.75, 3.05) is 5.32 Å². The zero-order valence-electron chi connectivity index (χ0n) is 17.3. The first kappa shape index (κ1) is 22.7. The van der Waals surface area contributed by atoms with Crippen LogP contribution in [0.15, 0.2) is 86.1 Å². The average Bonchev–Trinajstić information content (AvgIpc) is 3.39. The van der Waals surface area contributed by atoms with Crippen LogP contribution in [0.2, 0.25) is 0 Å². The highest BCUT2D eigenvalue weighted by atomic mass is 32.2. The first-order valence-electron chi connectivity index (χ1n) is 9.79. The Morgan fingerprint density at radius 2 is 1.91 bits per heavy atom. The number of amides is 1. The van der Waals surface area contributed by atoms with Crippen LogP contribution in [0.1, 0.15) is 18.2 Å². The minimum Gasteiger partial charge on any atom is -0.468 e. The molecule has 0 bridgehead atoms. The molecule has 0 unspecified atom stereocenters.